The Balaban J connectivity index is 1.63. The summed E-state index contributed by atoms with van der Waals surface area (Å²) in [5.74, 6) is -0.432. The van der Waals surface area contributed by atoms with Gasteiger partial charge in [0.1, 0.15) is 17.5 Å². The predicted molar refractivity (Wildman–Crippen MR) is 146 cm³/mol. The lowest BCUT2D eigenvalue weighted by Crippen LogP contribution is -2.39. The highest BCUT2D eigenvalue weighted by Crippen LogP contribution is 2.47. The molecule has 0 radical (unpaired) electrons. The molecule has 2 N–H and O–H groups in total. The SMILES string of the molecule is Cc1cc(CSc2ccc(F)cc2)c(C)c(C2C(C#N)=C(N)N(c3cccc(F)c3)C3=C2C(=O)CCC3)c1. The minimum absolute atomic E-state index is 0.0129. The van der Waals surface area contributed by atoms with E-state index in [-0.39, 0.29) is 23.0 Å². The zero-order valence-corrected chi connectivity index (χ0v) is 22.0. The lowest BCUT2D eigenvalue weighted by molar-refractivity contribution is -0.116. The summed E-state index contributed by atoms with van der Waals surface area (Å²) in [7, 11) is 0. The number of nitriles is 1. The van der Waals surface area contributed by atoms with Gasteiger partial charge in [-0.3, -0.25) is 9.69 Å². The number of Topliss-reactive ketones (excluding diaryl/α,β-unsaturated/α-hetero) is 1. The number of carbonyl (C=O) groups excluding carboxylic acids is 1. The van der Waals surface area contributed by atoms with E-state index in [2.05, 4.69) is 12.1 Å². The van der Waals surface area contributed by atoms with E-state index in [9.17, 15) is 18.8 Å². The average Bonchev–Trinajstić information content (AvgIpc) is 2.89. The summed E-state index contributed by atoms with van der Waals surface area (Å²) in [5, 5.41) is 10.3. The summed E-state index contributed by atoms with van der Waals surface area (Å²) in [4.78, 5) is 16.1. The number of rotatable bonds is 5. The van der Waals surface area contributed by atoms with Crippen LogP contribution in [0.4, 0.5) is 14.5 Å². The second-order valence-corrected chi connectivity index (χ2v) is 10.7. The second kappa shape index (κ2) is 10.5. The van der Waals surface area contributed by atoms with Crippen LogP contribution in [0.25, 0.3) is 0 Å². The van der Waals surface area contributed by atoms with Crippen molar-refractivity contribution in [3.8, 4) is 6.07 Å². The Labute approximate surface area is 225 Å². The number of aryl methyl sites for hydroxylation is 1. The molecule has 0 spiro atoms. The van der Waals surface area contributed by atoms with Crippen molar-refractivity contribution >= 4 is 23.2 Å². The van der Waals surface area contributed by atoms with Gasteiger partial charge in [0.25, 0.3) is 0 Å². The van der Waals surface area contributed by atoms with Crippen molar-refractivity contribution in [3.05, 3.63) is 117 Å². The molecule has 1 unspecified atom stereocenters. The molecular weight excluding hydrogens is 500 g/mol. The van der Waals surface area contributed by atoms with Crippen LogP contribution in [0.1, 0.15) is 47.4 Å². The number of thioether (sulfide) groups is 1. The number of benzene rings is 3. The largest absolute Gasteiger partial charge is 0.384 e. The molecule has 0 saturated carbocycles. The van der Waals surface area contributed by atoms with Gasteiger partial charge in [-0.05, 0) is 85.8 Å². The maximum Gasteiger partial charge on any atom is 0.161 e. The van der Waals surface area contributed by atoms with Crippen LogP contribution >= 0.6 is 11.8 Å². The molecule has 1 aliphatic carbocycles. The van der Waals surface area contributed by atoms with Crippen molar-refractivity contribution in [1.29, 1.82) is 5.26 Å². The third-order valence-electron chi connectivity index (χ3n) is 7.20. The molecule has 0 saturated heterocycles. The molecule has 2 aliphatic rings. The van der Waals surface area contributed by atoms with E-state index in [1.54, 1.807) is 40.9 Å². The van der Waals surface area contributed by atoms with E-state index < -0.39 is 11.7 Å². The van der Waals surface area contributed by atoms with Gasteiger partial charge in [-0.15, -0.1) is 11.8 Å². The monoisotopic (exact) mass is 527 g/mol. The van der Waals surface area contributed by atoms with E-state index in [0.717, 1.165) is 32.8 Å². The molecule has 7 heteroatoms. The molecule has 1 aliphatic heterocycles. The Morgan fingerprint density at radius 3 is 2.53 bits per heavy atom. The van der Waals surface area contributed by atoms with Gasteiger partial charge < -0.3 is 5.73 Å². The van der Waals surface area contributed by atoms with Crippen LogP contribution in [-0.4, -0.2) is 5.78 Å². The summed E-state index contributed by atoms with van der Waals surface area (Å²) in [6.45, 7) is 4.00. The van der Waals surface area contributed by atoms with Crippen molar-refractivity contribution in [2.24, 2.45) is 5.73 Å². The Morgan fingerprint density at radius 2 is 1.82 bits per heavy atom. The van der Waals surface area contributed by atoms with E-state index in [4.69, 9.17) is 5.73 Å². The molecule has 0 amide bonds. The quantitative estimate of drug-likeness (QED) is 0.356. The van der Waals surface area contributed by atoms with Gasteiger partial charge in [-0.2, -0.15) is 5.26 Å². The molecule has 4 nitrogen and oxygen atoms in total. The minimum atomic E-state index is -0.595. The molecule has 192 valence electrons. The van der Waals surface area contributed by atoms with Gasteiger partial charge in [0.05, 0.1) is 23.2 Å². The highest BCUT2D eigenvalue weighted by molar-refractivity contribution is 7.98. The van der Waals surface area contributed by atoms with E-state index in [1.807, 2.05) is 19.9 Å². The Kier molecular flexibility index (Phi) is 7.09. The fraction of sp³-hybridized carbons (Fsp3) is 0.226. The van der Waals surface area contributed by atoms with Crippen molar-refractivity contribution < 1.29 is 13.6 Å². The number of hydrogen-bond acceptors (Lipinski definition) is 5. The summed E-state index contributed by atoms with van der Waals surface area (Å²) in [6.07, 6.45) is 1.66. The smallest absolute Gasteiger partial charge is 0.161 e. The van der Waals surface area contributed by atoms with Crippen LogP contribution in [0, 0.1) is 36.8 Å². The van der Waals surface area contributed by atoms with E-state index in [0.29, 0.717) is 36.3 Å². The van der Waals surface area contributed by atoms with Crippen molar-refractivity contribution in [1.82, 2.24) is 0 Å². The lowest BCUT2D eigenvalue weighted by atomic mass is 9.73. The first-order valence-electron chi connectivity index (χ1n) is 12.5. The number of nitrogens with zero attached hydrogens (tertiary/aromatic N) is 2. The minimum Gasteiger partial charge on any atom is -0.384 e. The first kappa shape index (κ1) is 25.7. The molecule has 1 atom stereocenters. The highest BCUT2D eigenvalue weighted by Gasteiger charge is 2.41. The summed E-state index contributed by atoms with van der Waals surface area (Å²) in [6, 6.07) is 18.9. The fourth-order valence-corrected chi connectivity index (χ4v) is 6.36. The van der Waals surface area contributed by atoms with Crippen LogP contribution in [0.5, 0.6) is 0 Å². The van der Waals surface area contributed by atoms with Gasteiger partial charge in [0, 0.05) is 28.3 Å². The molecule has 1 heterocycles. The topological polar surface area (TPSA) is 70.1 Å². The Bertz CT molecular complexity index is 1540. The number of allylic oxidation sites excluding steroid dienone is 3. The van der Waals surface area contributed by atoms with Gasteiger partial charge in [-0.1, -0.05) is 23.8 Å². The molecule has 5 rings (SSSR count). The summed E-state index contributed by atoms with van der Waals surface area (Å²) in [5.41, 5.74) is 12.7. The number of halogens is 2. The van der Waals surface area contributed by atoms with Gasteiger partial charge >= 0.3 is 0 Å². The number of nitrogens with two attached hydrogens (primary N) is 1. The number of ketones is 1. The average molecular weight is 528 g/mol. The van der Waals surface area contributed by atoms with Crippen LogP contribution in [0.3, 0.4) is 0 Å². The molecule has 0 fully saturated rings. The van der Waals surface area contributed by atoms with Crippen LogP contribution in [0.15, 0.2) is 88.2 Å². The maximum atomic E-state index is 14.2. The number of hydrogen-bond donors (Lipinski definition) is 1. The molecule has 0 aromatic heterocycles. The van der Waals surface area contributed by atoms with Crippen LogP contribution in [-0.2, 0) is 10.5 Å². The van der Waals surface area contributed by atoms with Crippen molar-refractivity contribution in [2.45, 2.75) is 49.7 Å². The molecular formula is C31H27F2N3OS. The third kappa shape index (κ3) is 4.72. The van der Waals surface area contributed by atoms with Crippen molar-refractivity contribution in [3.63, 3.8) is 0 Å². The molecule has 3 aromatic carbocycles. The normalized spacial score (nSPS) is 17.5. The van der Waals surface area contributed by atoms with Crippen LogP contribution < -0.4 is 10.6 Å². The summed E-state index contributed by atoms with van der Waals surface area (Å²) >= 11 is 1.60. The second-order valence-electron chi connectivity index (χ2n) is 9.68. The summed E-state index contributed by atoms with van der Waals surface area (Å²) < 4.78 is 27.5. The standard InChI is InChI=1S/C31H27F2N3OS/c1-18-13-20(17-38-24-11-9-21(32)10-12-24)19(2)25(14-18)29-26(16-34)31(35)36(23-6-3-5-22(33)15-23)27-7-4-8-28(37)30(27)29/h3,5-6,9-15,29H,4,7-8,17,35H2,1-2H3. The lowest BCUT2D eigenvalue weighted by Gasteiger charge is -2.40. The van der Waals surface area contributed by atoms with E-state index >= 15 is 0 Å². The van der Waals surface area contributed by atoms with Gasteiger partial charge in [-0.25, -0.2) is 8.78 Å². The highest BCUT2D eigenvalue weighted by atomic mass is 32.2. The molecule has 0 bridgehead atoms. The van der Waals surface area contributed by atoms with Gasteiger partial charge in [0.2, 0.25) is 0 Å². The fourth-order valence-electron chi connectivity index (χ4n) is 5.41. The van der Waals surface area contributed by atoms with Crippen molar-refractivity contribution in [2.75, 3.05) is 4.90 Å². The van der Waals surface area contributed by atoms with E-state index in [1.165, 1.54) is 24.3 Å². The van der Waals surface area contributed by atoms with Crippen LogP contribution in [0.2, 0.25) is 0 Å². The Hall–Kier alpha value is -3.89. The van der Waals surface area contributed by atoms with Gasteiger partial charge in [0.15, 0.2) is 5.78 Å². The predicted octanol–water partition coefficient (Wildman–Crippen LogP) is 7.18. The number of carbonyl (C=O) groups is 1. The first-order chi connectivity index (χ1) is 18.3. The maximum absolute atomic E-state index is 14.2. The Morgan fingerprint density at radius 1 is 1.05 bits per heavy atom. The zero-order valence-electron chi connectivity index (χ0n) is 21.2. The number of anilines is 1. The molecule has 38 heavy (non-hydrogen) atoms. The molecule has 3 aromatic rings. The zero-order chi connectivity index (χ0) is 27.0. The third-order valence-corrected chi connectivity index (χ3v) is 8.26. The first-order valence-corrected chi connectivity index (χ1v) is 13.5.